The first-order chi connectivity index (χ1) is 15.6. The molecule has 0 aromatic heterocycles. The summed E-state index contributed by atoms with van der Waals surface area (Å²) < 4.78 is 58.9. The van der Waals surface area contributed by atoms with Gasteiger partial charge in [-0.05, 0) is 18.6 Å². The molecule has 0 saturated heterocycles. The van der Waals surface area contributed by atoms with E-state index in [0.717, 1.165) is 31.4 Å². The summed E-state index contributed by atoms with van der Waals surface area (Å²) in [4.78, 5) is 10.4. The topological polar surface area (TPSA) is 118 Å². The first-order valence-electron chi connectivity index (χ1n) is 12.2. The number of carbonyl (C=O) groups excluding carboxylic acids is 1. The Labute approximate surface area is 200 Å². The van der Waals surface area contributed by atoms with Crippen LogP contribution in [0.25, 0.3) is 0 Å². The minimum Gasteiger partial charge on any atom is -0.339 e. The Morgan fingerprint density at radius 3 is 1.64 bits per heavy atom. The van der Waals surface area contributed by atoms with Gasteiger partial charge in [0.15, 0.2) is 0 Å². The number of carbonyl (C=O) groups is 1. The van der Waals surface area contributed by atoms with Crippen LogP contribution in [0.1, 0.15) is 104 Å². The molecule has 0 bridgehead atoms. The zero-order valence-electron chi connectivity index (χ0n) is 20.1. The fourth-order valence-corrected chi connectivity index (χ4v) is 6.89. The SMILES string of the molecule is CCCCCCCCCCCCCCCC(NC(C)=O)S(=O)(=O)c1ccccc1S(=O)(=O)O. The van der Waals surface area contributed by atoms with Gasteiger partial charge in [-0.15, -0.1) is 0 Å². The largest absolute Gasteiger partial charge is 0.339 e. The van der Waals surface area contributed by atoms with Crippen LogP contribution in [-0.2, 0) is 24.7 Å². The normalized spacial score (nSPS) is 13.1. The van der Waals surface area contributed by atoms with E-state index in [1.165, 1.54) is 76.8 Å². The molecule has 0 spiro atoms. The third-order valence-corrected chi connectivity index (χ3v) is 8.86. The lowest BCUT2D eigenvalue weighted by Gasteiger charge is -2.19. The first kappa shape index (κ1) is 29.6. The van der Waals surface area contributed by atoms with Gasteiger partial charge in [-0.2, -0.15) is 8.42 Å². The first-order valence-corrected chi connectivity index (χ1v) is 15.2. The van der Waals surface area contributed by atoms with Crippen molar-refractivity contribution >= 4 is 25.9 Å². The average Bonchev–Trinajstić information content (AvgIpc) is 2.75. The van der Waals surface area contributed by atoms with Gasteiger partial charge in [0.2, 0.25) is 15.7 Å². The van der Waals surface area contributed by atoms with E-state index >= 15 is 0 Å². The van der Waals surface area contributed by atoms with Gasteiger partial charge in [-0.25, -0.2) is 8.42 Å². The summed E-state index contributed by atoms with van der Waals surface area (Å²) in [5, 5.41) is 1.19. The summed E-state index contributed by atoms with van der Waals surface area (Å²) in [5.41, 5.74) is 0. The Bertz CT molecular complexity index is 913. The molecule has 1 aromatic carbocycles. The van der Waals surface area contributed by atoms with Gasteiger partial charge in [0.05, 0.1) is 4.90 Å². The molecule has 33 heavy (non-hydrogen) atoms. The number of nitrogens with one attached hydrogen (secondary N) is 1. The lowest BCUT2D eigenvalue weighted by Crippen LogP contribution is -2.40. The second-order valence-corrected chi connectivity index (χ2v) is 12.2. The Morgan fingerprint density at radius 2 is 1.21 bits per heavy atom. The van der Waals surface area contributed by atoms with Gasteiger partial charge in [0.25, 0.3) is 10.1 Å². The molecule has 1 aromatic rings. The van der Waals surface area contributed by atoms with Crippen molar-refractivity contribution in [3.05, 3.63) is 24.3 Å². The van der Waals surface area contributed by atoms with E-state index < -0.39 is 41.0 Å². The number of hydrogen-bond donors (Lipinski definition) is 2. The zero-order chi connectivity index (χ0) is 24.7. The second-order valence-electron chi connectivity index (χ2n) is 8.69. The zero-order valence-corrected chi connectivity index (χ0v) is 21.7. The highest BCUT2D eigenvalue weighted by molar-refractivity contribution is 7.93. The molecule has 0 fully saturated rings. The molecule has 0 aliphatic rings. The predicted octanol–water partition coefficient (Wildman–Crippen LogP) is 5.65. The van der Waals surface area contributed by atoms with Gasteiger partial charge >= 0.3 is 0 Å². The molecule has 9 heteroatoms. The molecule has 1 rings (SSSR count). The second kappa shape index (κ2) is 15.5. The van der Waals surface area contributed by atoms with Crippen LogP contribution >= 0.6 is 0 Å². The molecule has 0 aliphatic carbocycles. The Balaban J connectivity index is 2.49. The maximum Gasteiger partial charge on any atom is 0.295 e. The molecule has 1 amide bonds. The van der Waals surface area contributed by atoms with Crippen molar-refractivity contribution < 1.29 is 26.2 Å². The van der Waals surface area contributed by atoms with Crippen molar-refractivity contribution in [3.8, 4) is 0 Å². The number of rotatable bonds is 18. The van der Waals surface area contributed by atoms with Crippen LogP contribution in [-0.4, -0.2) is 32.7 Å². The van der Waals surface area contributed by atoms with Gasteiger partial charge < -0.3 is 5.32 Å². The fraction of sp³-hybridized carbons (Fsp3) is 0.708. The lowest BCUT2D eigenvalue weighted by atomic mass is 10.0. The molecular weight excluding hydrogens is 462 g/mol. The van der Waals surface area contributed by atoms with E-state index in [9.17, 15) is 26.2 Å². The summed E-state index contributed by atoms with van der Waals surface area (Å²) in [6, 6.07) is 4.90. The molecule has 1 atom stereocenters. The molecule has 0 heterocycles. The lowest BCUT2D eigenvalue weighted by molar-refractivity contribution is -0.119. The predicted molar refractivity (Wildman–Crippen MR) is 131 cm³/mol. The summed E-state index contributed by atoms with van der Waals surface area (Å²) >= 11 is 0. The van der Waals surface area contributed by atoms with E-state index in [4.69, 9.17) is 0 Å². The molecule has 7 nitrogen and oxygen atoms in total. The van der Waals surface area contributed by atoms with Crippen molar-refractivity contribution in [3.63, 3.8) is 0 Å². The van der Waals surface area contributed by atoms with E-state index in [2.05, 4.69) is 12.2 Å². The number of unbranched alkanes of at least 4 members (excludes halogenated alkanes) is 12. The maximum atomic E-state index is 13.1. The average molecular weight is 504 g/mol. The number of benzene rings is 1. The van der Waals surface area contributed by atoms with E-state index in [0.29, 0.717) is 6.42 Å². The third kappa shape index (κ3) is 11.5. The van der Waals surface area contributed by atoms with Crippen LogP contribution in [0.2, 0.25) is 0 Å². The van der Waals surface area contributed by atoms with Gasteiger partial charge in [0, 0.05) is 6.92 Å². The third-order valence-electron chi connectivity index (χ3n) is 5.74. The molecule has 190 valence electrons. The van der Waals surface area contributed by atoms with E-state index in [1.807, 2.05) is 0 Å². The van der Waals surface area contributed by atoms with Crippen molar-refractivity contribution in [2.75, 3.05) is 0 Å². The van der Waals surface area contributed by atoms with Crippen molar-refractivity contribution in [2.24, 2.45) is 0 Å². The molecule has 2 N–H and O–H groups in total. The fourth-order valence-electron chi connectivity index (χ4n) is 3.93. The summed E-state index contributed by atoms with van der Waals surface area (Å²) in [6.07, 6.45) is 15.3. The number of hydrogen-bond acceptors (Lipinski definition) is 5. The molecule has 1 unspecified atom stereocenters. The molecular formula is C24H41NO6S2. The van der Waals surface area contributed by atoms with E-state index in [-0.39, 0.29) is 6.42 Å². The van der Waals surface area contributed by atoms with Gasteiger partial charge in [-0.3, -0.25) is 9.35 Å². The highest BCUT2D eigenvalue weighted by atomic mass is 32.2. The van der Waals surface area contributed by atoms with E-state index in [1.54, 1.807) is 0 Å². The minimum atomic E-state index is -4.72. The van der Waals surface area contributed by atoms with Crippen molar-refractivity contribution in [2.45, 2.75) is 119 Å². The molecule has 0 radical (unpaired) electrons. The van der Waals surface area contributed by atoms with Crippen LogP contribution in [0.3, 0.4) is 0 Å². The number of amides is 1. The van der Waals surface area contributed by atoms with Gasteiger partial charge in [-0.1, -0.05) is 103 Å². The van der Waals surface area contributed by atoms with Crippen LogP contribution < -0.4 is 5.32 Å². The highest BCUT2D eigenvalue weighted by Gasteiger charge is 2.32. The Morgan fingerprint density at radius 1 is 0.788 bits per heavy atom. The smallest absolute Gasteiger partial charge is 0.295 e. The monoisotopic (exact) mass is 503 g/mol. The Kier molecular flexibility index (Phi) is 13.9. The number of sulfone groups is 1. The summed E-state index contributed by atoms with van der Waals surface area (Å²) in [6.45, 7) is 3.45. The van der Waals surface area contributed by atoms with Crippen molar-refractivity contribution in [1.82, 2.24) is 5.32 Å². The molecule has 0 aliphatic heterocycles. The summed E-state index contributed by atoms with van der Waals surface area (Å²) in [7, 11) is -8.92. The highest BCUT2D eigenvalue weighted by Crippen LogP contribution is 2.26. The van der Waals surface area contributed by atoms with Crippen LogP contribution in [0.4, 0.5) is 0 Å². The van der Waals surface area contributed by atoms with Gasteiger partial charge in [0.1, 0.15) is 10.3 Å². The standard InChI is InChI=1S/C24H41NO6S2/c1-3-4-5-6-7-8-9-10-11-12-13-14-15-20-24(25-21(2)26)32(27,28)22-18-16-17-19-23(22)33(29,30)31/h16-19,24H,3-15,20H2,1-2H3,(H,25,26)(H,29,30,31). The quantitative estimate of drug-likeness (QED) is 0.197. The molecule has 0 saturated carbocycles. The minimum absolute atomic E-state index is 0.180. The van der Waals surface area contributed by atoms with Crippen LogP contribution in [0.15, 0.2) is 34.1 Å². The summed E-state index contributed by atoms with van der Waals surface area (Å²) in [5.74, 6) is -0.511. The van der Waals surface area contributed by atoms with Crippen LogP contribution in [0.5, 0.6) is 0 Å². The van der Waals surface area contributed by atoms with Crippen LogP contribution in [0, 0.1) is 0 Å². The Hall–Kier alpha value is -1.45. The van der Waals surface area contributed by atoms with Crippen molar-refractivity contribution in [1.29, 1.82) is 0 Å². The maximum absolute atomic E-state index is 13.1.